The summed E-state index contributed by atoms with van der Waals surface area (Å²) in [6, 6.07) is 15.0. The van der Waals surface area contributed by atoms with Crippen molar-refractivity contribution in [3.8, 4) is 0 Å². The third kappa shape index (κ3) is 7.49. The Morgan fingerprint density at radius 3 is 2.52 bits per heavy atom. The van der Waals surface area contributed by atoms with Crippen LogP contribution < -0.4 is 10.6 Å². The van der Waals surface area contributed by atoms with Crippen LogP contribution in [0.5, 0.6) is 0 Å². The maximum atomic E-state index is 13.1. The number of amides is 1. The molecule has 0 radical (unpaired) electrons. The number of halogens is 2. The molecule has 0 fully saturated rings. The molecule has 3 aromatic rings. The molecule has 2 N–H and O–H groups in total. The van der Waals surface area contributed by atoms with Gasteiger partial charge in [-0.1, -0.05) is 66.5 Å². The Hall–Kier alpha value is -3.30. The first-order valence-electron chi connectivity index (χ1n) is 15.1. The average Bonchev–Trinajstić information content (AvgIpc) is 3.00. The number of rotatable bonds is 10. The van der Waals surface area contributed by atoms with Crippen molar-refractivity contribution in [2.75, 3.05) is 18.4 Å². The van der Waals surface area contributed by atoms with Crippen molar-refractivity contribution in [2.24, 2.45) is 0 Å². The van der Waals surface area contributed by atoms with E-state index in [1.165, 1.54) is 13.8 Å². The molecule has 3 atom stereocenters. The van der Waals surface area contributed by atoms with Crippen LogP contribution in [-0.2, 0) is 33.7 Å². The van der Waals surface area contributed by atoms with E-state index >= 15 is 0 Å². The normalized spacial score (nSPS) is 17.6. The Kier molecular flexibility index (Phi) is 10.4. The first-order valence-corrected chi connectivity index (χ1v) is 15.9. The Balaban J connectivity index is 1.45. The number of fused-ring (bicyclic) bond motifs is 2. The van der Waals surface area contributed by atoms with E-state index in [0.717, 1.165) is 46.6 Å². The number of esters is 1. The minimum Gasteiger partial charge on any atom is -0.456 e. The van der Waals surface area contributed by atoms with Gasteiger partial charge >= 0.3 is 5.97 Å². The van der Waals surface area contributed by atoms with Crippen LogP contribution in [0.25, 0.3) is 0 Å². The lowest BCUT2D eigenvalue weighted by atomic mass is 9.88. The van der Waals surface area contributed by atoms with Gasteiger partial charge in [0.25, 0.3) is 0 Å². The predicted octanol–water partition coefficient (Wildman–Crippen LogP) is 6.64. The smallest absolute Gasteiger partial charge is 0.303 e. The Labute approximate surface area is 268 Å². The van der Waals surface area contributed by atoms with Crippen molar-refractivity contribution in [3.05, 3.63) is 92.2 Å². The summed E-state index contributed by atoms with van der Waals surface area (Å²) in [7, 11) is 0. The highest BCUT2D eigenvalue weighted by Crippen LogP contribution is 2.40. The van der Waals surface area contributed by atoms with Gasteiger partial charge in [-0.25, -0.2) is 0 Å². The third-order valence-corrected chi connectivity index (χ3v) is 9.18. The number of carbonyl (C=O) groups excluding carboxylic acids is 3. The molecule has 1 aromatic heterocycles. The molecule has 8 nitrogen and oxygen atoms in total. The van der Waals surface area contributed by atoms with Gasteiger partial charge in [-0.15, -0.1) is 0 Å². The number of Topliss-reactive ketones (excluding diaryl/α,β-unsaturated/α-hetero) is 1. The van der Waals surface area contributed by atoms with E-state index in [0.29, 0.717) is 48.0 Å². The highest BCUT2D eigenvalue weighted by Gasteiger charge is 2.34. The number of ether oxygens (including phenoxy) is 1. The van der Waals surface area contributed by atoms with Crippen molar-refractivity contribution in [1.29, 1.82) is 0 Å². The minimum absolute atomic E-state index is 0.0152. The highest BCUT2D eigenvalue weighted by molar-refractivity contribution is 6.42. The van der Waals surface area contributed by atoms with E-state index in [2.05, 4.69) is 22.5 Å². The lowest BCUT2D eigenvalue weighted by molar-refractivity contribution is -0.147. The standard InChI is InChI=1S/C34H38Cl2N4O4/c1-20(24-12-13-27(35)28(36)17-24)16-32(37-18-30(43)23-8-5-4-6-9-23)40-15-14-29-26(19-40)33(38-21(2)41)25-10-7-11-31(34(25)39-29)44-22(3)42/h4-6,8-9,12-13,17,20,31-32,37H,7,10-11,14-16,18-19H2,1-3H3,(H,38,39,41). The number of anilines is 1. The number of hydrogen-bond acceptors (Lipinski definition) is 7. The second-order valence-electron chi connectivity index (χ2n) is 11.7. The highest BCUT2D eigenvalue weighted by atomic mass is 35.5. The molecule has 2 heterocycles. The summed E-state index contributed by atoms with van der Waals surface area (Å²) in [5.74, 6) is -0.383. The van der Waals surface area contributed by atoms with Gasteiger partial charge in [-0.3, -0.25) is 29.6 Å². The SMILES string of the molecule is CC(=O)Nc1c2c(nc3c1CCCC3OC(C)=O)CCN(C(CC(C)c1ccc(Cl)c(Cl)c1)NCC(=O)c1ccccc1)C2. The lowest BCUT2D eigenvalue weighted by Gasteiger charge is -2.39. The molecule has 1 aliphatic carbocycles. The van der Waals surface area contributed by atoms with Crippen molar-refractivity contribution in [3.63, 3.8) is 0 Å². The molecule has 2 aliphatic rings. The fourth-order valence-corrected chi connectivity index (χ4v) is 6.57. The summed E-state index contributed by atoms with van der Waals surface area (Å²) in [6.45, 7) is 6.47. The van der Waals surface area contributed by atoms with E-state index in [-0.39, 0.29) is 36.3 Å². The number of nitrogens with zero attached hydrogens (tertiary/aromatic N) is 2. The van der Waals surface area contributed by atoms with Gasteiger partial charge < -0.3 is 10.1 Å². The Morgan fingerprint density at radius 1 is 1.05 bits per heavy atom. The molecule has 10 heteroatoms. The number of hydrogen-bond donors (Lipinski definition) is 2. The van der Waals surface area contributed by atoms with E-state index in [1.807, 2.05) is 48.5 Å². The number of nitrogens with one attached hydrogen (secondary N) is 2. The monoisotopic (exact) mass is 636 g/mol. The lowest BCUT2D eigenvalue weighted by Crippen LogP contribution is -2.50. The van der Waals surface area contributed by atoms with Gasteiger partial charge in [0.1, 0.15) is 6.10 Å². The summed E-state index contributed by atoms with van der Waals surface area (Å²) < 4.78 is 5.64. The fraction of sp³-hybridized carbons (Fsp3) is 0.412. The topological polar surface area (TPSA) is 101 Å². The van der Waals surface area contributed by atoms with Crippen LogP contribution in [0.3, 0.4) is 0 Å². The maximum absolute atomic E-state index is 13.1. The van der Waals surface area contributed by atoms with E-state index < -0.39 is 6.10 Å². The van der Waals surface area contributed by atoms with Crippen molar-refractivity contribution >= 4 is 46.5 Å². The van der Waals surface area contributed by atoms with E-state index in [4.69, 9.17) is 32.9 Å². The van der Waals surface area contributed by atoms with Gasteiger partial charge in [0, 0.05) is 55.7 Å². The zero-order chi connectivity index (χ0) is 31.4. The van der Waals surface area contributed by atoms with Crippen LogP contribution in [0.1, 0.15) is 90.5 Å². The molecule has 232 valence electrons. The number of carbonyl (C=O) groups is 3. The number of aromatic nitrogens is 1. The Bertz CT molecular complexity index is 1550. The average molecular weight is 638 g/mol. The molecule has 2 aromatic carbocycles. The van der Waals surface area contributed by atoms with Gasteiger partial charge in [0.15, 0.2) is 5.78 Å². The van der Waals surface area contributed by atoms with Crippen LogP contribution in [0.4, 0.5) is 5.69 Å². The van der Waals surface area contributed by atoms with Crippen LogP contribution in [-0.4, -0.2) is 46.8 Å². The molecule has 44 heavy (non-hydrogen) atoms. The molecule has 0 spiro atoms. The first kappa shape index (κ1) is 32.1. The maximum Gasteiger partial charge on any atom is 0.303 e. The minimum atomic E-state index is -0.419. The molecule has 0 bridgehead atoms. The van der Waals surface area contributed by atoms with Crippen LogP contribution in [0.15, 0.2) is 48.5 Å². The molecule has 1 aliphatic heterocycles. The van der Waals surface area contributed by atoms with Crippen LogP contribution in [0, 0.1) is 0 Å². The number of benzene rings is 2. The molecule has 3 unspecified atom stereocenters. The molecule has 0 saturated carbocycles. The van der Waals surface area contributed by atoms with Crippen molar-refractivity contribution in [2.45, 2.75) is 77.6 Å². The summed E-state index contributed by atoms with van der Waals surface area (Å²) >= 11 is 12.5. The quantitative estimate of drug-likeness (QED) is 0.190. The molecular formula is C34H38Cl2N4O4. The van der Waals surface area contributed by atoms with Crippen LogP contribution in [0.2, 0.25) is 10.0 Å². The number of pyridine rings is 1. The zero-order valence-electron chi connectivity index (χ0n) is 25.3. The summed E-state index contributed by atoms with van der Waals surface area (Å²) in [5, 5.41) is 7.66. The Morgan fingerprint density at radius 2 is 1.82 bits per heavy atom. The summed E-state index contributed by atoms with van der Waals surface area (Å²) in [4.78, 5) is 44.7. The second-order valence-corrected chi connectivity index (χ2v) is 12.5. The zero-order valence-corrected chi connectivity index (χ0v) is 26.8. The second kappa shape index (κ2) is 14.2. The van der Waals surface area contributed by atoms with Gasteiger partial charge in [-0.05, 0) is 49.3 Å². The summed E-state index contributed by atoms with van der Waals surface area (Å²) in [6.07, 6.45) is 3.05. The van der Waals surface area contributed by atoms with Crippen molar-refractivity contribution in [1.82, 2.24) is 15.2 Å². The predicted molar refractivity (Wildman–Crippen MR) is 172 cm³/mol. The van der Waals surface area contributed by atoms with E-state index in [9.17, 15) is 14.4 Å². The largest absolute Gasteiger partial charge is 0.456 e. The molecular weight excluding hydrogens is 599 g/mol. The molecule has 1 amide bonds. The molecule has 0 saturated heterocycles. The molecule has 5 rings (SSSR count). The fourth-order valence-electron chi connectivity index (χ4n) is 6.26. The summed E-state index contributed by atoms with van der Waals surface area (Å²) in [5.41, 5.74) is 6.05. The van der Waals surface area contributed by atoms with E-state index in [1.54, 1.807) is 0 Å². The number of ketones is 1. The van der Waals surface area contributed by atoms with Crippen LogP contribution >= 0.6 is 23.2 Å². The first-order chi connectivity index (χ1) is 21.1. The van der Waals surface area contributed by atoms with Gasteiger partial charge in [0.2, 0.25) is 5.91 Å². The van der Waals surface area contributed by atoms with Gasteiger partial charge in [-0.2, -0.15) is 0 Å². The third-order valence-electron chi connectivity index (χ3n) is 8.45. The van der Waals surface area contributed by atoms with Gasteiger partial charge in [0.05, 0.1) is 34.1 Å². The van der Waals surface area contributed by atoms with Crippen molar-refractivity contribution < 1.29 is 19.1 Å².